The molecule has 0 bridgehead atoms. The predicted molar refractivity (Wildman–Crippen MR) is 94.4 cm³/mol. The maximum atomic E-state index is 12.0. The van der Waals surface area contributed by atoms with Crippen LogP contribution in [0.15, 0.2) is 54.6 Å². The number of urea groups is 1. The monoisotopic (exact) mass is 328 g/mol. The molecule has 0 aliphatic heterocycles. The molecule has 2 aromatic rings. The van der Waals surface area contributed by atoms with Gasteiger partial charge in [-0.15, -0.1) is 0 Å². The standard InChI is InChI=1S/C19H24N2O3/c1-3-23-17-10-7-11-18(14-17)24-13-12-20-19(22)21(2)15-16-8-5-4-6-9-16/h4-11,14H,3,12-13,15H2,1-2H3,(H,20,22). The Morgan fingerprint density at radius 1 is 1.04 bits per heavy atom. The van der Waals surface area contributed by atoms with Crippen LogP contribution in [0.1, 0.15) is 12.5 Å². The van der Waals surface area contributed by atoms with E-state index in [9.17, 15) is 4.79 Å². The zero-order valence-corrected chi connectivity index (χ0v) is 14.2. The van der Waals surface area contributed by atoms with Crippen molar-refractivity contribution >= 4 is 6.03 Å². The van der Waals surface area contributed by atoms with Crippen LogP contribution in [0.2, 0.25) is 0 Å². The molecule has 0 aliphatic rings. The topological polar surface area (TPSA) is 50.8 Å². The molecular weight excluding hydrogens is 304 g/mol. The van der Waals surface area contributed by atoms with Gasteiger partial charge in [-0.1, -0.05) is 36.4 Å². The fourth-order valence-corrected chi connectivity index (χ4v) is 2.21. The fraction of sp³-hybridized carbons (Fsp3) is 0.316. The molecule has 5 heteroatoms. The number of ether oxygens (including phenoxy) is 2. The molecule has 1 N–H and O–H groups in total. The lowest BCUT2D eigenvalue weighted by atomic mass is 10.2. The lowest BCUT2D eigenvalue weighted by Crippen LogP contribution is -2.38. The first-order chi connectivity index (χ1) is 11.7. The maximum absolute atomic E-state index is 12.0. The Morgan fingerprint density at radius 2 is 1.75 bits per heavy atom. The first kappa shape index (κ1) is 17.7. The minimum Gasteiger partial charge on any atom is -0.494 e. The van der Waals surface area contributed by atoms with Crippen LogP contribution in [-0.4, -0.2) is 37.7 Å². The summed E-state index contributed by atoms with van der Waals surface area (Å²) in [6.45, 7) is 3.98. The SMILES string of the molecule is CCOc1cccc(OCCNC(=O)N(C)Cc2ccccc2)c1. The molecule has 2 rings (SSSR count). The number of carbonyl (C=O) groups is 1. The molecule has 0 aromatic heterocycles. The molecule has 0 heterocycles. The smallest absolute Gasteiger partial charge is 0.317 e. The largest absolute Gasteiger partial charge is 0.494 e. The lowest BCUT2D eigenvalue weighted by Gasteiger charge is -2.18. The maximum Gasteiger partial charge on any atom is 0.317 e. The molecule has 0 aliphatic carbocycles. The second-order valence-corrected chi connectivity index (χ2v) is 5.33. The van der Waals surface area contributed by atoms with E-state index in [0.717, 1.165) is 17.1 Å². The molecule has 0 spiro atoms. The van der Waals surface area contributed by atoms with Crippen molar-refractivity contribution in [3.05, 3.63) is 60.2 Å². The Bertz CT molecular complexity index is 632. The Hall–Kier alpha value is -2.69. The van der Waals surface area contributed by atoms with Gasteiger partial charge in [0.1, 0.15) is 18.1 Å². The van der Waals surface area contributed by atoms with Crippen molar-refractivity contribution in [1.82, 2.24) is 10.2 Å². The van der Waals surface area contributed by atoms with Gasteiger partial charge in [-0.05, 0) is 24.6 Å². The third kappa shape index (κ3) is 5.83. The van der Waals surface area contributed by atoms with E-state index in [1.807, 2.05) is 61.5 Å². The first-order valence-electron chi connectivity index (χ1n) is 8.07. The van der Waals surface area contributed by atoms with E-state index < -0.39 is 0 Å². The van der Waals surface area contributed by atoms with E-state index in [0.29, 0.717) is 26.3 Å². The number of rotatable bonds is 8. The van der Waals surface area contributed by atoms with Crippen molar-refractivity contribution in [3.8, 4) is 11.5 Å². The van der Waals surface area contributed by atoms with Gasteiger partial charge in [0.05, 0.1) is 13.2 Å². The average molecular weight is 328 g/mol. The van der Waals surface area contributed by atoms with E-state index in [-0.39, 0.29) is 6.03 Å². The van der Waals surface area contributed by atoms with Crippen molar-refractivity contribution < 1.29 is 14.3 Å². The average Bonchev–Trinajstić information content (AvgIpc) is 2.60. The van der Waals surface area contributed by atoms with Crippen LogP contribution in [-0.2, 0) is 6.54 Å². The second kappa shape index (κ2) is 9.45. The van der Waals surface area contributed by atoms with Gasteiger partial charge in [-0.2, -0.15) is 0 Å². The summed E-state index contributed by atoms with van der Waals surface area (Å²) in [5.41, 5.74) is 1.10. The summed E-state index contributed by atoms with van der Waals surface area (Å²) in [5.74, 6) is 1.51. The Balaban J connectivity index is 1.69. The summed E-state index contributed by atoms with van der Waals surface area (Å²) in [7, 11) is 1.77. The molecule has 2 amide bonds. The summed E-state index contributed by atoms with van der Waals surface area (Å²) < 4.78 is 11.1. The number of benzene rings is 2. The van der Waals surface area contributed by atoms with Gasteiger partial charge in [0.2, 0.25) is 0 Å². The van der Waals surface area contributed by atoms with Crippen LogP contribution in [0.4, 0.5) is 4.79 Å². The van der Waals surface area contributed by atoms with Crippen LogP contribution < -0.4 is 14.8 Å². The Morgan fingerprint density at radius 3 is 2.46 bits per heavy atom. The molecule has 2 aromatic carbocycles. The van der Waals surface area contributed by atoms with Gasteiger partial charge in [-0.3, -0.25) is 0 Å². The highest BCUT2D eigenvalue weighted by atomic mass is 16.5. The molecule has 24 heavy (non-hydrogen) atoms. The third-order valence-corrected chi connectivity index (χ3v) is 3.37. The van der Waals surface area contributed by atoms with Crippen molar-refractivity contribution in [3.63, 3.8) is 0 Å². The first-order valence-corrected chi connectivity index (χ1v) is 8.07. The van der Waals surface area contributed by atoms with Crippen molar-refractivity contribution in [2.24, 2.45) is 0 Å². The number of carbonyl (C=O) groups excluding carboxylic acids is 1. The molecule has 128 valence electrons. The van der Waals surface area contributed by atoms with Crippen molar-refractivity contribution in [2.45, 2.75) is 13.5 Å². The minimum atomic E-state index is -0.120. The predicted octanol–water partition coefficient (Wildman–Crippen LogP) is 3.31. The summed E-state index contributed by atoms with van der Waals surface area (Å²) in [6.07, 6.45) is 0. The van der Waals surface area contributed by atoms with Gasteiger partial charge < -0.3 is 19.7 Å². The molecule has 0 fully saturated rings. The van der Waals surface area contributed by atoms with E-state index in [2.05, 4.69) is 5.32 Å². The highest BCUT2D eigenvalue weighted by Crippen LogP contribution is 2.19. The van der Waals surface area contributed by atoms with E-state index in [1.54, 1.807) is 11.9 Å². The third-order valence-electron chi connectivity index (χ3n) is 3.37. The summed E-state index contributed by atoms with van der Waals surface area (Å²) in [6, 6.07) is 17.2. The number of nitrogens with one attached hydrogen (secondary N) is 1. The molecule has 5 nitrogen and oxygen atoms in total. The summed E-state index contributed by atoms with van der Waals surface area (Å²) in [5, 5.41) is 2.84. The normalized spacial score (nSPS) is 10.1. The van der Waals surface area contributed by atoms with Crippen LogP contribution >= 0.6 is 0 Å². The lowest BCUT2D eigenvalue weighted by molar-refractivity contribution is 0.203. The highest BCUT2D eigenvalue weighted by molar-refractivity contribution is 5.73. The van der Waals surface area contributed by atoms with Crippen molar-refractivity contribution in [1.29, 1.82) is 0 Å². The fourth-order valence-electron chi connectivity index (χ4n) is 2.21. The Labute approximate surface area is 143 Å². The summed E-state index contributed by atoms with van der Waals surface area (Å²) >= 11 is 0. The van der Waals surface area contributed by atoms with E-state index >= 15 is 0 Å². The molecular formula is C19H24N2O3. The molecule has 0 saturated heterocycles. The van der Waals surface area contributed by atoms with Gasteiger partial charge in [0, 0.05) is 19.7 Å². The number of hydrogen-bond acceptors (Lipinski definition) is 3. The van der Waals surface area contributed by atoms with Crippen LogP contribution in [0.25, 0.3) is 0 Å². The van der Waals surface area contributed by atoms with E-state index in [1.165, 1.54) is 0 Å². The van der Waals surface area contributed by atoms with E-state index in [4.69, 9.17) is 9.47 Å². The minimum absolute atomic E-state index is 0.120. The zero-order valence-electron chi connectivity index (χ0n) is 14.2. The van der Waals surface area contributed by atoms with Crippen LogP contribution in [0, 0.1) is 0 Å². The highest BCUT2D eigenvalue weighted by Gasteiger charge is 2.08. The number of nitrogens with zero attached hydrogens (tertiary/aromatic N) is 1. The van der Waals surface area contributed by atoms with Gasteiger partial charge in [-0.25, -0.2) is 4.79 Å². The molecule has 0 unspecified atom stereocenters. The molecule has 0 saturated carbocycles. The van der Waals surface area contributed by atoms with Gasteiger partial charge in [0.25, 0.3) is 0 Å². The number of amides is 2. The van der Waals surface area contributed by atoms with Gasteiger partial charge >= 0.3 is 6.03 Å². The second-order valence-electron chi connectivity index (χ2n) is 5.33. The number of hydrogen-bond donors (Lipinski definition) is 1. The zero-order chi connectivity index (χ0) is 17.2. The molecule has 0 radical (unpaired) electrons. The van der Waals surface area contributed by atoms with Crippen LogP contribution in [0.3, 0.4) is 0 Å². The van der Waals surface area contributed by atoms with Gasteiger partial charge in [0.15, 0.2) is 0 Å². The molecule has 0 atom stereocenters. The van der Waals surface area contributed by atoms with Crippen molar-refractivity contribution in [2.75, 3.05) is 26.8 Å². The van der Waals surface area contributed by atoms with Crippen LogP contribution in [0.5, 0.6) is 11.5 Å². The summed E-state index contributed by atoms with van der Waals surface area (Å²) in [4.78, 5) is 13.7. The quantitative estimate of drug-likeness (QED) is 0.757. The Kier molecular flexibility index (Phi) is 6.95.